The molecular formula is C22H37N. The van der Waals surface area contributed by atoms with Gasteiger partial charge in [-0.15, -0.1) is 0 Å². The Hall–Kier alpha value is -0.770. The maximum absolute atomic E-state index is 9.03. The van der Waals surface area contributed by atoms with Crippen molar-refractivity contribution in [2.24, 2.45) is 23.7 Å². The number of unbranched alkanes of at least 4 members (excludes halogenated alkanes) is 5. The Labute approximate surface area is 144 Å². The van der Waals surface area contributed by atoms with E-state index in [2.05, 4.69) is 25.1 Å². The molecule has 2 aliphatic rings. The Balaban J connectivity index is 1.56. The maximum Gasteiger partial charge on any atom is 0.0655 e. The molecule has 0 aromatic carbocycles. The topological polar surface area (TPSA) is 23.8 Å². The van der Waals surface area contributed by atoms with Crippen molar-refractivity contribution in [2.75, 3.05) is 0 Å². The second-order valence-corrected chi connectivity index (χ2v) is 8.05. The van der Waals surface area contributed by atoms with Crippen LogP contribution >= 0.6 is 0 Å². The Morgan fingerprint density at radius 1 is 0.826 bits per heavy atom. The highest BCUT2D eigenvalue weighted by Crippen LogP contribution is 2.41. The zero-order valence-corrected chi connectivity index (χ0v) is 15.3. The van der Waals surface area contributed by atoms with E-state index in [1.165, 1.54) is 89.9 Å². The van der Waals surface area contributed by atoms with Crippen LogP contribution in [-0.2, 0) is 0 Å². The van der Waals surface area contributed by atoms with Gasteiger partial charge in [0.1, 0.15) is 0 Å². The summed E-state index contributed by atoms with van der Waals surface area (Å²) in [4.78, 5) is 0. The Morgan fingerprint density at radius 2 is 1.43 bits per heavy atom. The van der Waals surface area contributed by atoms with E-state index in [0.717, 1.165) is 17.8 Å². The average Bonchev–Trinajstić information content (AvgIpc) is 2.61. The number of allylic oxidation sites excluding steroid dienone is 2. The SMILES string of the molecule is CCCCCCC/C=C/[C@H]1CC[C@H]([C@H]2CC[C@H](C#N)CC2)CC1. The van der Waals surface area contributed by atoms with E-state index in [1.807, 2.05) is 0 Å². The van der Waals surface area contributed by atoms with Crippen LogP contribution in [0.3, 0.4) is 0 Å². The molecule has 1 nitrogen and oxygen atoms in total. The van der Waals surface area contributed by atoms with Gasteiger partial charge in [0.25, 0.3) is 0 Å². The second-order valence-electron chi connectivity index (χ2n) is 8.05. The molecule has 2 aliphatic carbocycles. The van der Waals surface area contributed by atoms with E-state index in [-0.39, 0.29) is 0 Å². The van der Waals surface area contributed by atoms with Crippen LogP contribution in [0.1, 0.15) is 96.8 Å². The van der Waals surface area contributed by atoms with Gasteiger partial charge in [-0.25, -0.2) is 0 Å². The molecule has 0 saturated heterocycles. The lowest BCUT2D eigenvalue weighted by atomic mass is 9.69. The fourth-order valence-electron chi connectivity index (χ4n) is 4.68. The predicted octanol–water partition coefficient (Wildman–Crippen LogP) is 7.04. The van der Waals surface area contributed by atoms with Crippen LogP contribution in [-0.4, -0.2) is 0 Å². The highest BCUT2D eigenvalue weighted by Gasteiger charge is 2.30. The van der Waals surface area contributed by atoms with Crippen molar-refractivity contribution in [3.05, 3.63) is 12.2 Å². The van der Waals surface area contributed by atoms with Crippen molar-refractivity contribution in [3.8, 4) is 6.07 Å². The molecule has 0 amide bonds. The van der Waals surface area contributed by atoms with Gasteiger partial charge in [0.2, 0.25) is 0 Å². The van der Waals surface area contributed by atoms with E-state index in [1.54, 1.807) is 0 Å². The lowest BCUT2D eigenvalue weighted by molar-refractivity contribution is 0.168. The molecule has 2 saturated carbocycles. The molecule has 0 atom stereocenters. The highest BCUT2D eigenvalue weighted by molar-refractivity contribution is 4.93. The Bertz CT molecular complexity index is 362. The van der Waals surface area contributed by atoms with Gasteiger partial charge in [0, 0.05) is 5.92 Å². The van der Waals surface area contributed by atoms with Crippen LogP contribution < -0.4 is 0 Å². The van der Waals surface area contributed by atoms with Gasteiger partial charge >= 0.3 is 0 Å². The maximum atomic E-state index is 9.03. The smallest absolute Gasteiger partial charge is 0.0655 e. The third kappa shape index (κ3) is 6.70. The first-order chi connectivity index (χ1) is 11.3. The Kier molecular flexibility index (Phi) is 8.80. The molecule has 0 aliphatic heterocycles. The van der Waals surface area contributed by atoms with Crippen LogP contribution in [0, 0.1) is 35.0 Å². The number of nitrogens with zero attached hydrogens (tertiary/aromatic N) is 1. The standard InChI is InChI=1S/C22H37N/c1-2-3-4-5-6-7-8-9-19-10-14-21(15-11-19)22-16-12-20(18-23)13-17-22/h8-9,19-22H,2-7,10-17H2,1H3/b9-8+/t19-,20-,21-,22-. The first-order valence-corrected chi connectivity index (χ1v) is 10.4. The monoisotopic (exact) mass is 315 g/mol. The van der Waals surface area contributed by atoms with Crippen molar-refractivity contribution in [1.82, 2.24) is 0 Å². The lowest BCUT2D eigenvalue weighted by Gasteiger charge is -2.36. The summed E-state index contributed by atoms with van der Waals surface area (Å²) in [6, 6.07) is 2.47. The summed E-state index contributed by atoms with van der Waals surface area (Å²) in [5.41, 5.74) is 0. The molecule has 23 heavy (non-hydrogen) atoms. The summed E-state index contributed by atoms with van der Waals surface area (Å²) >= 11 is 0. The van der Waals surface area contributed by atoms with E-state index in [4.69, 9.17) is 5.26 Å². The molecule has 0 spiro atoms. The minimum Gasteiger partial charge on any atom is -0.198 e. The van der Waals surface area contributed by atoms with Gasteiger partial charge < -0.3 is 0 Å². The van der Waals surface area contributed by atoms with Gasteiger partial charge in [0.05, 0.1) is 6.07 Å². The molecule has 2 fully saturated rings. The number of rotatable bonds is 8. The van der Waals surface area contributed by atoms with E-state index >= 15 is 0 Å². The predicted molar refractivity (Wildman–Crippen MR) is 99.0 cm³/mol. The van der Waals surface area contributed by atoms with Crippen molar-refractivity contribution in [3.63, 3.8) is 0 Å². The molecule has 0 aromatic heterocycles. The van der Waals surface area contributed by atoms with Gasteiger partial charge in [-0.05, 0) is 82.0 Å². The zero-order valence-electron chi connectivity index (χ0n) is 15.3. The third-order valence-corrected chi connectivity index (χ3v) is 6.32. The summed E-state index contributed by atoms with van der Waals surface area (Å²) in [7, 11) is 0. The first kappa shape index (κ1) is 18.6. The molecule has 0 bridgehead atoms. The minimum absolute atomic E-state index is 0.364. The van der Waals surface area contributed by atoms with E-state index in [0.29, 0.717) is 5.92 Å². The van der Waals surface area contributed by atoms with Crippen LogP contribution in [0.2, 0.25) is 0 Å². The van der Waals surface area contributed by atoms with Gasteiger partial charge in [-0.1, -0.05) is 44.8 Å². The molecule has 0 radical (unpaired) electrons. The van der Waals surface area contributed by atoms with Crippen molar-refractivity contribution >= 4 is 0 Å². The van der Waals surface area contributed by atoms with Crippen LogP contribution in [0.5, 0.6) is 0 Å². The fourth-order valence-corrected chi connectivity index (χ4v) is 4.68. The lowest BCUT2D eigenvalue weighted by Crippen LogP contribution is -2.25. The molecule has 0 heterocycles. The highest BCUT2D eigenvalue weighted by atomic mass is 14.4. The fraction of sp³-hybridized carbons (Fsp3) is 0.864. The quantitative estimate of drug-likeness (QED) is 0.348. The molecule has 2 rings (SSSR count). The molecule has 130 valence electrons. The summed E-state index contributed by atoms with van der Waals surface area (Å²) in [6.07, 6.45) is 23.9. The average molecular weight is 316 g/mol. The number of nitriles is 1. The van der Waals surface area contributed by atoms with Crippen LogP contribution in [0.15, 0.2) is 12.2 Å². The first-order valence-electron chi connectivity index (χ1n) is 10.4. The molecule has 0 unspecified atom stereocenters. The summed E-state index contributed by atoms with van der Waals surface area (Å²) in [5, 5.41) is 9.03. The normalized spacial score (nSPS) is 32.0. The van der Waals surface area contributed by atoms with Crippen LogP contribution in [0.25, 0.3) is 0 Å². The summed E-state index contributed by atoms with van der Waals surface area (Å²) in [5.74, 6) is 3.12. The number of hydrogen-bond acceptors (Lipinski definition) is 1. The van der Waals surface area contributed by atoms with Gasteiger partial charge in [-0.2, -0.15) is 5.26 Å². The molecule has 0 N–H and O–H groups in total. The summed E-state index contributed by atoms with van der Waals surface area (Å²) < 4.78 is 0. The second kappa shape index (κ2) is 10.9. The van der Waals surface area contributed by atoms with E-state index in [9.17, 15) is 0 Å². The third-order valence-electron chi connectivity index (χ3n) is 6.32. The molecular weight excluding hydrogens is 278 g/mol. The number of hydrogen-bond donors (Lipinski definition) is 0. The van der Waals surface area contributed by atoms with Gasteiger partial charge in [-0.3, -0.25) is 0 Å². The van der Waals surface area contributed by atoms with Crippen molar-refractivity contribution in [2.45, 2.75) is 96.8 Å². The van der Waals surface area contributed by atoms with E-state index < -0.39 is 0 Å². The van der Waals surface area contributed by atoms with Crippen molar-refractivity contribution in [1.29, 1.82) is 5.26 Å². The zero-order chi connectivity index (χ0) is 16.3. The minimum atomic E-state index is 0.364. The Morgan fingerprint density at radius 3 is 2.04 bits per heavy atom. The molecule has 1 heteroatoms. The van der Waals surface area contributed by atoms with Crippen LogP contribution in [0.4, 0.5) is 0 Å². The van der Waals surface area contributed by atoms with Crippen molar-refractivity contribution < 1.29 is 0 Å². The van der Waals surface area contributed by atoms with Gasteiger partial charge in [0.15, 0.2) is 0 Å². The molecule has 0 aromatic rings. The largest absolute Gasteiger partial charge is 0.198 e. The summed E-state index contributed by atoms with van der Waals surface area (Å²) in [6.45, 7) is 2.28.